The van der Waals surface area contributed by atoms with Gasteiger partial charge in [-0.2, -0.15) is 0 Å². The van der Waals surface area contributed by atoms with Crippen LogP contribution in [-0.2, 0) is 7.05 Å². The maximum absolute atomic E-state index is 5.50. The minimum absolute atomic E-state index is 0.686. The summed E-state index contributed by atoms with van der Waals surface area (Å²) < 4.78 is 12.8. The molecule has 0 unspecified atom stereocenters. The van der Waals surface area contributed by atoms with Crippen LogP contribution in [-0.4, -0.2) is 21.8 Å². The first-order chi connectivity index (χ1) is 11.3. The number of hydrogen-bond donors (Lipinski definition) is 0. The fourth-order valence-electron chi connectivity index (χ4n) is 2.67. The van der Waals surface area contributed by atoms with E-state index >= 15 is 0 Å². The van der Waals surface area contributed by atoms with Gasteiger partial charge in [-0.1, -0.05) is 29.4 Å². The Morgan fingerprint density at radius 2 is 1.91 bits per heavy atom. The number of fused-ring (bicyclic) bond motifs is 1. The summed E-state index contributed by atoms with van der Waals surface area (Å²) in [5.41, 5.74) is 3.63. The molecule has 2 aromatic heterocycles. The Labute approximate surface area is 133 Å². The van der Waals surface area contributed by atoms with E-state index in [0.29, 0.717) is 11.5 Å². The van der Waals surface area contributed by atoms with Crippen LogP contribution in [0.2, 0.25) is 0 Å². The van der Waals surface area contributed by atoms with Crippen molar-refractivity contribution in [2.75, 3.05) is 7.11 Å². The molecule has 2 heterocycles. The minimum Gasteiger partial charge on any atom is -0.497 e. The van der Waals surface area contributed by atoms with Gasteiger partial charge in [-0.3, -0.25) is 0 Å². The Hall–Kier alpha value is -3.08. The van der Waals surface area contributed by atoms with E-state index in [1.54, 1.807) is 7.11 Å². The lowest BCUT2D eigenvalue weighted by Crippen LogP contribution is -1.92. The first-order valence-electron chi connectivity index (χ1n) is 7.29. The molecule has 0 saturated heterocycles. The molecule has 0 aliphatic heterocycles. The van der Waals surface area contributed by atoms with Crippen LogP contribution in [0, 0.1) is 0 Å². The molecule has 0 amide bonds. The van der Waals surface area contributed by atoms with Crippen molar-refractivity contribution in [3.63, 3.8) is 0 Å². The monoisotopic (exact) mass is 305 g/mol. The summed E-state index contributed by atoms with van der Waals surface area (Å²) in [6, 6.07) is 17.6. The summed E-state index contributed by atoms with van der Waals surface area (Å²) in [7, 11) is 3.62. The molecule has 5 heteroatoms. The molecule has 0 aliphatic rings. The summed E-state index contributed by atoms with van der Waals surface area (Å²) >= 11 is 0. The predicted octanol–water partition coefficient (Wildman–Crippen LogP) is 3.90. The zero-order valence-corrected chi connectivity index (χ0v) is 12.9. The van der Waals surface area contributed by atoms with Gasteiger partial charge >= 0.3 is 0 Å². The molecule has 4 rings (SSSR count). The molecule has 0 spiro atoms. The third-order valence-corrected chi connectivity index (χ3v) is 3.88. The van der Waals surface area contributed by atoms with Gasteiger partial charge in [0, 0.05) is 18.7 Å². The van der Waals surface area contributed by atoms with Crippen molar-refractivity contribution in [3.05, 3.63) is 54.6 Å². The summed E-state index contributed by atoms with van der Waals surface area (Å²) in [5.74, 6) is 2.25. The number of nitrogens with zero attached hydrogens (tertiary/aromatic N) is 3. The Balaban J connectivity index is 1.78. The molecular weight excluding hydrogens is 290 g/mol. The van der Waals surface area contributed by atoms with Crippen molar-refractivity contribution in [2.45, 2.75) is 0 Å². The van der Waals surface area contributed by atoms with Gasteiger partial charge < -0.3 is 13.8 Å². The first-order valence-corrected chi connectivity index (χ1v) is 7.29. The van der Waals surface area contributed by atoms with E-state index in [9.17, 15) is 0 Å². The van der Waals surface area contributed by atoms with Gasteiger partial charge in [-0.15, -0.1) is 0 Å². The third kappa shape index (κ3) is 2.26. The molecule has 114 valence electrons. The molecule has 0 fully saturated rings. The second kappa shape index (κ2) is 5.28. The molecular formula is C18H15N3O2. The predicted molar refractivity (Wildman–Crippen MR) is 88.2 cm³/mol. The van der Waals surface area contributed by atoms with Crippen molar-refractivity contribution in [3.8, 4) is 28.6 Å². The van der Waals surface area contributed by atoms with Crippen molar-refractivity contribution in [2.24, 2.45) is 7.05 Å². The van der Waals surface area contributed by atoms with E-state index < -0.39 is 0 Å². The van der Waals surface area contributed by atoms with Gasteiger partial charge in [0.15, 0.2) is 11.6 Å². The second-order valence-corrected chi connectivity index (χ2v) is 5.29. The van der Waals surface area contributed by atoms with E-state index in [0.717, 1.165) is 28.2 Å². The zero-order chi connectivity index (χ0) is 15.8. The lowest BCUT2D eigenvalue weighted by Gasteiger charge is -2.00. The van der Waals surface area contributed by atoms with Crippen LogP contribution in [0.5, 0.6) is 5.75 Å². The number of aromatic nitrogens is 3. The second-order valence-electron chi connectivity index (χ2n) is 5.29. The number of imidazole rings is 1. The number of ether oxygens (including phenoxy) is 1. The molecule has 2 aromatic carbocycles. The van der Waals surface area contributed by atoms with Crippen molar-refractivity contribution < 1.29 is 9.26 Å². The normalized spacial score (nSPS) is 11.0. The Bertz CT molecular complexity index is 985. The van der Waals surface area contributed by atoms with Crippen LogP contribution in [0.3, 0.4) is 0 Å². The molecule has 0 bridgehead atoms. The average molecular weight is 305 g/mol. The molecule has 5 nitrogen and oxygen atoms in total. The van der Waals surface area contributed by atoms with Crippen LogP contribution in [0.25, 0.3) is 33.9 Å². The molecule has 23 heavy (non-hydrogen) atoms. The lowest BCUT2D eigenvalue weighted by atomic mass is 10.1. The highest BCUT2D eigenvalue weighted by Gasteiger charge is 2.15. The number of rotatable bonds is 3. The molecule has 0 radical (unpaired) electrons. The third-order valence-electron chi connectivity index (χ3n) is 3.88. The van der Waals surface area contributed by atoms with E-state index in [4.69, 9.17) is 9.26 Å². The number of hydrogen-bond acceptors (Lipinski definition) is 4. The Kier molecular flexibility index (Phi) is 3.12. The van der Waals surface area contributed by atoms with E-state index in [1.165, 1.54) is 0 Å². The van der Waals surface area contributed by atoms with Gasteiger partial charge in [0.25, 0.3) is 0 Å². The molecule has 0 N–H and O–H groups in total. The van der Waals surface area contributed by atoms with Crippen molar-refractivity contribution in [1.29, 1.82) is 0 Å². The van der Waals surface area contributed by atoms with E-state index in [-0.39, 0.29) is 0 Å². The lowest BCUT2D eigenvalue weighted by molar-refractivity contribution is 0.413. The van der Waals surface area contributed by atoms with Crippen LogP contribution in [0.4, 0.5) is 0 Å². The van der Waals surface area contributed by atoms with Gasteiger partial charge in [-0.05, 0) is 24.3 Å². The number of methoxy groups -OCH3 is 1. The number of benzene rings is 2. The summed E-state index contributed by atoms with van der Waals surface area (Å²) in [5, 5.41) is 4.18. The maximum Gasteiger partial charge on any atom is 0.167 e. The van der Waals surface area contributed by atoms with Crippen LogP contribution in [0.1, 0.15) is 0 Å². The smallest absolute Gasteiger partial charge is 0.167 e. The Morgan fingerprint density at radius 3 is 2.74 bits per heavy atom. The summed E-state index contributed by atoms with van der Waals surface area (Å²) in [6.07, 6.45) is 0. The fourth-order valence-corrected chi connectivity index (χ4v) is 2.67. The SMILES string of the molecule is COc1cccc(-c2cc(-c3nc4ccccc4n3C)no2)c1. The van der Waals surface area contributed by atoms with Crippen molar-refractivity contribution >= 4 is 11.0 Å². The number of para-hydroxylation sites is 2. The van der Waals surface area contributed by atoms with Gasteiger partial charge in [0.1, 0.15) is 11.4 Å². The van der Waals surface area contributed by atoms with Gasteiger partial charge in [-0.25, -0.2) is 4.98 Å². The highest BCUT2D eigenvalue weighted by Crippen LogP contribution is 2.29. The van der Waals surface area contributed by atoms with Crippen LogP contribution >= 0.6 is 0 Å². The van der Waals surface area contributed by atoms with Crippen LogP contribution in [0.15, 0.2) is 59.1 Å². The Morgan fingerprint density at radius 1 is 1.04 bits per heavy atom. The average Bonchev–Trinajstić information content (AvgIpc) is 3.20. The zero-order valence-electron chi connectivity index (χ0n) is 12.9. The minimum atomic E-state index is 0.686. The first kappa shape index (κ1) is 13.6. The maximum atomic E-state index is 5.50. The largest absolute Gasteiger partial charge is 0.497 e. The van der Waals surface area contributed by atoms with Crippen molar-refractivity contribution in [1.82, 2.24) is 14.7 Å². The molecule has 0 atom stereocenters. The standard InChI is InChI=1S/C18H15N3O2/c1-21-16-9-4-3-8-14(16)19-18(21)15-11-17(23-20-15)12-6-5-7-13(10-12)22-2/h3-11H,1-2H3. The van der Waals surface area contributed by atoms with E-state index in [1.807, 2.05) is 66.2 Å². The fraction of sp³-hybridized carbons (Fsp3) is 0.111. The highest BCUT2D eigenvalue weighted by molar-refractivity contribution is 5.80. The summed E-state index contributed by atoms with van der Waals surface area (Å²) in [4.78, 5) is 4.64. The molecule has 0 saturated carbocycles. The molecule has 0 aliphatic carbocycles. The van der Waals surface area contributed by atoms with Gasteiger partial charge in [0.2, 0.25) is 0 Å². The topological polar surface area (TPSA) is 53.1 Å². The highest BCUT2D eigenvalue weighted by atomic mass is 16.5. The molecule has 4 aromatic rings. The van der Waals surface area contributed by atoms with Crippen LogP contribution < -0.4 is 4.74 Å². The summed E-state index contributed by atoms with van der Waals surface area (Å²) in [6.45, 7) is 0. The number of aryl methyl sites for hydroxylation is 1. The van der Waals surface area contributed by atoms with E-state index in [2.05, 4.69) is 10.1 Å². The van der Waals surface area contributed by atoms with Gasteiger partial charge in [0.05, 0.1) is 18.1 Å². The quantitative estimate of drug-likeness (QED) is 0.576.